The zero-order chi connectivity index (χ0) is 19.9. The van der Waals surface area contributed by atoms with Crippen LogP contribution in [0.2, 0.25) is 0 Å². The van der Waals surface area contributed by atoms with Crippen molar-refractivity contribution in [1.82, 2.24) is 0 Å². The second-order valence-corrected chi connectivity index (χ2v) is 9.34. The minimum Gasteiger partial charge on any atom is -0.489 e. The third-order valence-corrected chi connectivity index (χ3v) is 7.09. The van der Waals surface area contributed by atoms with Crippen molar-refractivity contribution in [2.45, 2.75) is 53.4 Å². The Bertz CT molecular complexity index is 846. The van der Waals surface area contributed by atoms with E-state index >= 15 is 0 Å². The third-order valence-electron chi connectivity index (χ3n) is 7.09. The summed E-state index contributed by atoms with van der Waals surface area (Å²) in [5.41, 5.74) is 4.44. The molecule has 0 amide bonds. The second-order valence-electron chi connectivity index (χ2n) is 9.34. The molecule has 1 aromatic carbocycles. The molecule has 0 saturated heterocycles. The van der Waals surface area contributed by atoms with Crippen molar-refractivity contribution in [2.75, 3.05) is 13.4 Å². The molecule has 1 aliphatic heterocycles. The molecule has 0 radical (unpaired) electrons. The van der Waals surface area contributed by atoms with Gasteiger partial charge in [0.15, 0.2) is 11.5 Å². The topological polar surface area (TPSA) is 27.7 Å². The van der Waals surface area contributed by atoms with Crippen LogP contribution >= 0.6 is 0 Å². The van der Waals surface area contributed by atoms with Crippen LogP contribution in [0.25, 0.3) is 6.08 Å². The van der Waals surface area contributed by atoms with Gasteiger partial charge in [0.25, 0.3) is 0 Å². The minimum atomic E-state index is 0.187. The number of ether oxygens (including phenoxy) is 3. The van der Waals surface area contributed by atoms with Gasteiger partial charge in [-0.15, -0.1) is 0 Å². The quantitative estimate of drug-likeness (QED) is 0.555. The average molecular weight is 381 g/mol. The molecule has 2 aliphatic carbocycles. The highest BCUT2D eigenvalue weighted by molar-refractivity contribution is 5.69. The first-order valence-electron chi connectivity index (χ1n) is 10.4. The van der Waals surface area contributed by atoms with Gasteiger partial charge in [-0.25, -0.2) is 0 Å². The van der Waals surface area contributed by atoms with E-state index in [0.29, 0.717) is 17.9 Å². The predicted octanol–water partition coefficient (Wildman–Crippen LogP) is 6.55. The number of hydrogen-bond acceptors (Lipinski definition) is 3. The second kappa shape index (κ2) is 7.02. The molecule has 1 aromatic rings. The first-order valence-corrected chi connectivity index (χ1v) is 10.4. The first kappa shape index (κ1) is 19.2. The highest BCUT2D eigenvalue weighted by Gasteiger charge is 2.49. The number of benzene rings is 1. The molecule has 2 atom stereocenters. The molecule has 0 N–H and O–H groups in total. The van der Waals surface area contributed by atoms with E-state index in [0.717, 1.165) is 22.8 Å². The fraction of sp³-hybridized carbons (Fsp3) is 0.520. The van der Waals surface area contributed by atoms with Crippen molar-refractivity contribution in [3.63, 3.8) is 0 Å². The van der Waals surface area contributed by atoms with Crippen molar-refractivity contribution in [1.29, 1.82) is 0 Å². The van der Waals surface area contributed by atoms with Crippen LogP contribution in [0.5, 0.6) is 17.2 Å². The van der Waals surface area contributed by atoms with Crippen LogP contribution in [0.3, 0.4) is 0 Å². The highest BCUT2D eigenvalue weighted by atomic mass is 16.7. The standard InChI is InChI=1S/C25H32O3/c1-6-12-26-20-15-22-21(27-16-28-22)14-18(20)13-19-17(2)8-9-23-24(3,4)10-7-11-25(19,23)5/h6,8,13-15,23H,1,7,9-12,16H2,2-5H3/b19-13+/t23-,25+/m0/s1. The summed E-state index contributed by atoms with van der Waals surface area (Å²) >= 11 is 0. The van der Waals surface area contributed by atoms with Crippen molar-refractivity contribution >= 4 is 6.08 Å². The van der Waals surface area contributed by atoms with Crippen LogP contribution in [0.4, 0.5) is 0 Å². The number of allylic oxidation sites excluding steroid dienone is 3. The van der Waals surface area contributed by atoms with E-state index in [1.54, 1.807) is 6.08 Å². The summed E-state index contributed by atoms with van der Waals surface area (Å²) in [5, 5.41) is 0. The number of rotatable bonds is 4. The zero-order valence-electron chi connectivity index (χ0n) is 17.6. The van der Waals surface area contributed by atoms with Crippen LogP contribution in [0.1, 0.15) is 58.9 Å². The minimum absolute atomic E-state index is 0.187. The van der Waals surface area contributed by atoms with E-state index in [-0.39, 0.29) is 12.2 Å². The Morgan fingerprint density at radius 1 is 1.18 bits per heavy atom. The van der Waals surface area contributed by atoms with Crippen molar-refractivity contribution in [3.05, 3.63) is 47.6 Å². The Morgan fingerprint density at radius 3 is 2.68 bits per heavy atom. The van der Waals surface area contributed by atoms with E-state index in [2.05, 4.69) is 52.5 Å². The number of fused-ring (bicyclic) bond motifs is 2. The largest absolute Gasteiger partial charge is 0.489 e. The summed E-state index contributed by atoms with van der Waals surface area (Å²) in [7, 11) is 0. The molecule has 1 heterocycles. The molecule has 1 fully saturated rings. The Hall–Kier alpha value is -2.16. The molecule has 1 saturated carbocycles. The molecule has 150 valence electrons. The molecule has 0 spiro atoms. The van der Waals surface area contributed by atoms with E-state index in [9.17, 15) is 0 Å². The summed E-state index contributed by atoms with van der Waals surface area (Å²) in [6.07, 6.45) is 11.5. The Morgan fingerprint density at radius 2 is 1.93 bits per heavy atom. The van der Waals surface area contributed by atoms with Gasteiger partial charge in [0.05, 0.1) is 0 Å². The van der Waals surface area contributed by atoms with Crippen LogP contribution in [0, 0.1) is 16.7 Å². The summed E-state index contributed by atoms with van der Waals surface area (Å²) in [5.74, 6) is 3.03. The zero-order valence-corrected chi connectivity index (χ0v) is 17.6. The molecule has 28 heavy (non-hydrogen) atoms. The van der Waals surface area contributed by atoms with Gasteiger partial charge in [-0.2, -0.15) is 0 Å². The summed E-state index contributed by atoms with van der Waals surface area (Å²) in [6, 6.07) is 4.01. The molecule has 0 aromatic heterocycles. The smallest absolute Gasteiger partial charge is 0.231 e. The van der Waals surface area contributed by atoms with Crippen molar-refractivity contribution < 1.29 is 14.2 Å². The Kier molecular flexibility index (Phi) is 4.81. The average Bonchev–Trinajstić information content (AvgIpc) is 3.09. The van der Waals surface area contributed by atoms with Gasteiger partial charge in [-0.3, -0.25) is 0 Å². The first-order chi connectivity index (χ1) is 13.3. The molecule has 3 aliphatic rings. The highest BCUT2D eigenvalue weighted by Crippen LogP contribution is 2.60. The molecule has 3 heteroatoms. The molecule has 0 bridgehead atoms. The monoisotopic (exact) mass is 380 g/mol. The van der Waals surface area contributed by atoms with Crippen LogP contribution in [-0.2, 0) is 0 Å². The Balaban J connectivity index is 1.82. The summed E-state index contributed by atoms with van der Waals surface area (Å²) < 4.78 is 17.2. The maximum Gasteiger partial charge on any atom is 0.231 e. The van der Waals surface area contributed by atoms with Gasteiger partial charge in [0.1, 0.15) is 12.4 Å². The van der Waals surface area contributed by atoms with Crippen molar-refractivity contribution in [2.24, 2.45) is 16.7 Å². The lowest BCUT2D eigenvalue weighted by Crippen LogP contribution is -2.44. The van der Waals surface area contributed by atoms with Gasteiger partial charge in [-0.05, 0) is 60.6 Å². The fourth-order valence-electron chi connectivity index (χ4n) is 5.64. The Labute approximate surface area is 169 Å². The lowest BCUT2D eigenvalue weighted by molar-refractivity contribution is 0.0268. The molecular weight excluding hydrogens is 348 g/mol. The van der Waals surface area contributed by atoms with E-state index in [1.807, 2.05) is 6.07 Å². The molecule has 0 unspecified atom stereocenters. The van der Waals surface area contributed by atoms with Crippen LogP contribution in [-0.4, -0.2) is 13.4 Å². The molecule has 3 nitrogen and oxygen atoms in total. The SMILES string of the molecule is C=CCOc1cc2c(cc1/C=C1\C(C)=CC[C@H]3C(C)(C)CCC[C@]13C)OCO2. The maximum absolute atomic E-state index is 5.98. The maximum atomic E-state index is 5.98. The van der Waals surface area contributed by atoms with E-state index in [1.165, 1.54) is 36.8 Å². The fourth-order valence-corrected chi connectivity index (χ4v) is 5.64. The number of hydrogen-bond donors (Lipinski definition) is 0. The van der Waals surface area contributed by atoms with Crippen LogP contribution < -0.4 is 14.2 Å². The lowest BCUT2D eigenvalue weighted by Gasteiger charge is -2.54. The lowest BCUT2D eigenvalue weighted by atomic mass is 9.50. The molecule has 4 rings (SSSR count). The van der Waals surface area contributed by atoms with Gasteiger partial charge >= 0.3 is 0 Å². The van der Waals surface area contributed by atoms with E-state index < -0.39 is 0 Å². The van der Waals surface area contributed by atoms with Crippen molar-refractivity contribution in [3.8, 4) is 17.2 Å². The van der Waals surface area contributed by atoms with Gasteiger partial charge < -0.3 is 14.2 Å². The van der Waals surface area contributed by atoms with Gasteiger partial charge in [0.2, 0.25) is 6.79 Å². The van der Waals surface area contributed by atoms with Gasteiger partial charge in [0, 0.05) is 11.6 Å². The van der Waals surface area contributed by atoms with Crippen LogP contribution in [0.15, 0.2) is 42.0 Å². The summed E-state index contributed by atoms with van der Waals surface area (Å²) in [6.45, 7) is 14.1. The summed E-state index contributed by atoms with van der Waals surface area (Å²) in [4.78, 5) is 0. The third kappa shape index (κ3) is 3.15. The molecular formula is C25H32O3. The normalized spacial score (nSPS) is 29.2. The van der Waals surface area contributed by atoms with E-state index in [4.69, 9.17) is 14.2 Å². The van der Waals surface area contributed by atoms with Gasteiger partial charge in [-0.1, -0.05) is 51.5 Å². The predicted molar refractivity (Wildman–Crippen MR) is 114 cm³/mol.